The van der Waals surface area contributed by atoms with Gasteiger partial charge < -0.3 is 14.7 Å². The van der Waals surface area contributed by atoms with Crippen molar-refractivity contribution >= 4 is 31.9 Å². The van der Waals surface area contributed by atoms with E-state index in [1.54, 1.807) is 6.33 Å². The van der Waals surface area contributed by atoms with Crippen molar-refractivity contribution in [2.24, 2.45) is 0 Å². The van der Waals surface area contributed by atoms with Crippen molar-refractivity contribution < 1.29 is 4.42 Å². The van der Waals surface area contributed by atoms with Gasteiger partial charge in [0.15, 0.2) is 4.67 Å². The summed E-state index contributed by atoms with van der Waals surface area (Å²) in [4.78, 5) is 7.02. The molecule has 0 unspecified atom stereocenters. The summed E-state index contributed by atoms with van der Waals surface area (Å²) in [6.07, 6.45) is 4.46. The molecule has 6 heteroatoms. The van der Waals surface area contributed by atoms with Gasteiger partial charge in [-0.3, -0.25) is 0 Å². The van der Waals surface area contributed by atoms with Crippen LogP contribution in [0.1, 0.15) is 11.5 Å². The molecule has 0 aliphatic rings. The predicted molar refractivity (Wildman–Crippen MR) is 68.1 cm³/mol. The first-order chi connectivity index (χ1) is 7.75. The number of aromatic nitrogens is 2. The highest BCUT2D eigenvalue weighted by Gasteiger charge is 2.05. The number of nitrogens with one attached hydrogen (secondary N) is 2. The van der Waals surface area contributed by atoms with Crippen LogP contribution in [0.2, 0.25) is 0 Å². The summed E-state index contributed by atoms with van der Waals surface area (Å²) in [6.45, 7) is 1.61. The third kappa shape index (κ3) is 3.20. The Morgan fingerprint density at radius 1 is 1.44 bits per heavy atom. The smallest absolute Gasteiger partial charge is 0.183 e. The van der Waals surface area contributed by atoms with E-state index >= 15 is 0 Å². The number of imidazole rings is 1. The monoisotopic (exact) mass is 347 g/mol. The average molecular weight is 349 g/mol. The largest absolute Gasteiger partial charge is 0.452 e. The molecule has 0 aliphatic heterocycles. The van der Waals surface area contributed by atoms with E-state index in [9.17, 15) is 0 Å². The van der Waals surface area contributed by atoms with E-state index in [1.165, 1.54) is 0 Å². The van der Waals surface area contributed by atoms with Crippen molar-refractivity contribution in [1.29, 1.82) is 0 Å². The van der Waals surface area contributed by atoms with E-state index < -0.39 is 0 Å². The van der Waals surface area contributed by atoms with Crippen LogP contribution in [0.25, 0.3) is 0 Å². The number of hydrogen-bond donors (Lipinski definition) is 2. The molecule has 0 saturated carbocycles. The predicted octanol–water partition coefficient (Wildman–Crippen LogP) is 2.86. The number of halogens is 2. The van der Waals surface area contributed by atoms with Crippen molar-refractivity contribution in [3.05, 3.63) is 39.2 Å². The maximum atomic E-state index is 5.44. The highest BCUT2D eigenvalue weighted by Crippen LogP contribution is 2.26. The molecule has 0 spiro atoms. The lowest BCUT2D eigenvalue weighted by molar-refractivity contribution is 0.465. The minimum absolute atomic E-state index is 0.721. The number of nitrogens with zero attached hydrogens (tertiary/aromatic N) is 1. The topological polar surface area (TPSA) is 53.9 Å². The number of aromatic amines is 1. The van der Waals surface area contributed by atoms with Crippen molar-refractivity contribution in [3.63, 3.8) is 0 Å². The Morgan fingerprint density at radius 2 is 2.31 bits per heavy atom. The normalized spacial score (nSPS) is 10.9. The van der Waals surface area contributed by atoms with Crippen molar-refractivity contribution in [3.8, 4) is 0 Å². The highest BCUT2D eigenvalue weighted by atomic mass is 79.9. The standard InChI is InChI=1S/C10H11Br2N3O/c11-9-3-8(16-10(9)12)5-13-2-1-7-4-14-6-15-7/h3-4,6,13H,1-2,5H2,(H,14,15). The molecule has 2 heterocycles. The first kappa shape index (κ1) is 11.9. The van der Waals surface area contributed by atoms with Gasteiger partial charge in [-0.05, 0) is 37.9 Å². The quantitative estimate of drug-likeness (QED) is 0.817. The summed E-state index contributed by atoms with van der Waals surface area (Å²) in [5, 5.41) is 3.30. The Labute approximate surface area is 110 Å². The number of furan rings is 1. The molecule has 0 aromatic carbocycles. The number of H-pyrrole nitrogens is 1. The maximum Gasteiger partial charge on any atom is 0.183 e. The van der Waals surface area contributed by atoms with Gasteiger partial charge in [-0.2, -0.15) is 0 Å². The molecule has 2 aromatic rings. The molecular formula is C10H11Br2N3O. The summed E-state index contributed by atoms with van der Waals surface area (Å²) < 4.78 is 7.12. The van der Waals surface area contributed by atoms with Gasteiger partial charge >= 0.3 is 0 Å². The molecule has 0 atom stereocenters. The van der Waals surface area contributed by atoms with Gasteiger partial charge in [0.05, 0.1) is 17.3 Å². The summed E-state index contributed by atoms with van der Waals surface area (Å²) in [5.74, 6) is 0.906. The highest BCUT2D eigenvalue weighted by molar-refractivity contribution is 9.13. The van der Waals surface area contributed by atoms with Crippen LogP contribution in [-0.2, 0) is 13.0 Å². The maximum absolute atomic E-state index is 5.44. The summed E-state index contributed by atoms with van der Waals surface area (Å²) in [7, 11) is 0. The molecule has 16 heavy (non-hydrogen) atoms. The lowest BCUT2D eigenvalue weighted by Crippen LogP contribution is -2.16. The summed E-state index contributed by atoms with van der Waals surface area (Å²) in [5.41, 5.74) is 1.13. The van der Waals surface area contributed by atoms with Crippen molar-refractivity contribution in [2.75, 3.05) is 6.54 Å². The molecular weight excluding hydrogens is 338 g/mol. The Bertz CT molecular complexity index is 419. The SMILES string of the molecule is Brc1cc(CNCCc2cnc[nH]2)oc1Br. The van der Waals surface area contributed by atoms with Crippen molar-refractivity contribution in [2.45, 2.75) is 13.0 Å². The van der Waals surface area contributed by atoms with E-state index in [0.717, 1.165) is 40.1 Å². The van der Waals surface area contributed by atoms with E-state index in [1.807, 2.05) is 12.3 Å². The van der Waals surface area contributed by atoms with E-state index in [-0.39, 0.29) is 0 Å². The zero-order valence-electron chi connectivity index (χ0n) is 8.46. The first-order valence-corrected chi connectivity index (χ1v) is 6.46. The van der Waals surface area contributed by atoms with Crippen LogP contribution in [0.3, 0.4) is 0 Å². The molecule has 2 rings (SSSR count). The van der Waals surface area contributed by atoms with Crippen molar-refractivity contribution in [1.82, 2.24) is 15.3 Å². The number of rotatable bonds is 5. The van der Waals surface area contributed by atoms with Gasteiger partial charge in [0.25, 0.3) is 0 Å². The van der Waals surface area contributed by atoms with Gasteiger partial charge in [0.1, 0.15) is 5.76 Å². The zero-order valence-corrected chi connectivity index (χ0v) is 11.6. The lowest BCUT2D eigenvalue weighted by atomic mass is 10.3. The fraction of sp³-hybridized carbons (Fsp3) is 0.300. The van der Waals surface area contributed by atoms with Crippen LogP contribution in [0.5, 0.6) is 0 Å². The molecule has 0 radical (unpaired) electrons. The molecule has 0 amide bonds. The zero-order chi connectivity index (χ0) is 11.4. The molecule has 0 bridgehead atoms. The molecule has 0 fully saturated rings. The van der Waals surface area contributed by atoms with Crippen LogP contribution in [-0.4, -0.2) is 16.5 Å². The Balaban J connectivity index is 1.72. The Hall–Kier alpha value is -0.590. The van der Waals surface area contributed by atoms with Gasteiger partial charge in [0.2, 0.25) is 0 Å². The molecule has 4 nitrogen and oxygen atoms in total. The number of hydrogen-bond acceptors (Lipinski definition) is 3. The third-order valence-electron chi connectivity index (χ3n) is 2.12. The fourth-order valence-electron chi connectivity index (χ4n) is 1.33. The second-order valence-electron chi connectivity index (χ2n) is 3.34. The Morgan fingerprint density at radius 3 is 2.94 bits per heavy atom. The molecule has 0 saturated heterocycles. The van der Waals surface area contributed by atoms with E-state index in [0.29, 0.717) is 0 Å². The average Bonchev–Trinajstić information content (AvgIpc) is 2.85. The Kier molecular flexibility index (Phi) is 4.20. The minimum Gasteiger partial charge on any atom is -0.452 e. The molecule has 0 aliphatic carbocycles. The van der Waals surface area contributed by atoms with Crippen LogP contribution in [0.15, 0.2) is 32.1 Å². The second-order valence-corrected chi connectivity index (χ2v) is 4.91. The molecule has 2 N–H and O–H groups in total. The first-order valence-electron chi connectivity index (χ1n) is 4.87. The van der Waals surface area contributed by atoms with Crippen LogP contribution in [0, 0.1) is 0 Å². The molecule has 86 valence electrons. The van der Waals surface area contributed by atoms with Gasteiger partial charge in [-0.1, -0.05) is 0 Å². The van der Waals surface area contributed by atoms with Gasteiger partial charge in [-0.15, -0.1) is 0 Å². The third-order valence-corrected chi connectivity index (χ3v) is 3.83. The molecule has 2 aromatic heterocycles. The van der Waals surface area contributed by atoms with Gasteiger partial charge in [-0.25, -0.2) is 4.98 Å². The van der Waals surface area contributed by atoms with Crippen LogP contribution >= 0.6 is 31.9 Å². The van der Waals surface area contributed by atoms with E-state index in [2.05, 4.69) is 47.1 Å². The van der Waals surface area contributed by atoms with Crippen LogP contribution < -0.4 is 5.32 Å². The van der Waals surface area contributed by atoms with Crippen LogP contribution in [0.4, 0.5) is 0 Å². The van der Waals surface area contributed by atoms with E-state index in [4.69, 9.17) is 4.42 Å². The van der Waals surface area contributed by atoms with Gasteiger partial charge in [0, 0.05) is 24.9 Å². The minimum atomic E-state index is 0.721. The fourth-order valence-corrected chi connectivity index (χ4v) is 1.99. The lowest BCUT2D eigenvalue weighted by Gasteiger charge is -2.00. The summed E-state index contributed by atoms with van der Waals surface area (Å²) >= 11 is 6.68. The second kappa shape index (κ2) is 5.65. The summed E-state index contributed by atoms with van der Waals surface area (Å²) in [6, 6.07) is 1.95.